The lowest BCUT2D eigenvalue weighted by molar-refractivity contribution is -0.00521. The Kier molecular flexibility index (Phi) is 6.52. The molecule has 3 N–H and O–H groups in total. The number of benzene rings is 1. The van der Waals surface area contributed by atoms with Gasteiger partial charge in [0, 0.05) is 37.6 Å². The first kappa shape index (κ1) is 23.8. The van der Waals surface area contributed by atoms with Crippen LogP contribution in [0.2, 0.25) is 5.02 Å². The van der Waals surface area contributed by atoms with Gasteiger partial charge in [0.1, 0.15) is 17.6 Å². The summed E-state index contributed by atoms with van der Waals surface area (Å²) in [5.74, 6) is 0.174. The molecule has 35 heavy (non-hydrogen) atoms. The Morgan fingerprint density at radius 2 is 1.94 bits per heavy atom. The van der Waals surface area contributed by atoms with Crippen LogP contribution in [-0.4, -0.2) is 71.1 Å². The van der Waals surface area contributed by atoms with Crippen molar-refractivity contribution in [3.05, 3.63) is 47.2 Å². The van der Waals surface area contributed by atoms with E-state index >= 15 is 0 Å². The summed E-state index contributed by atoms with van der Waals surface area (Å²) in [6, 6.07) is 7.06. The molecular formula is C24H29ClFN7O2. The van der Waals surface area contributed by atoms with Gasteiger partial charge in [0.25, 0.3) is 5.91 Å². The van der Waals surface area contributed by atoms with Gasteiger partial charge in [-0.1, -0.05) is 11.6 Å². The van der Waals surface area contributed by atoms with Crippen molar-refractivity contribution < 1.29 is 13.9 Å². The molecule has 0 radical (unpaired) electrons. The van der Waals surface area contributed by atoms with Crippen LogP contribution in [0.3, 0.4) is 0 Å². The summed E-state index contributed by atoms with van der Waals surface area (Å²) >= 11 is 6.54. The number of hydrogen-bond acceptors (Lipinski definition) is 7. The Labute approximate surface area is 208 Å². The van der Waals surface area contributed by atoms with Crippen LogP contribution < -0.4 is 20.9 Å². The third-order valence-corrected chi connectivity index (χ3v) is 6.65. The van der Waals surface area contributed by atoms with Crippen molar-refractivity contribution in [2.24, 2.45) is 5.73 Å². The van der Waals surface area contributed by atoms with E-state index in [1.807, 2.05) is 26.0 Å². The van der Waals surface area contributed by atoms with Crippen LogP contribution in [0.25, 0.3) is 5.65 Å². The van der Waals surface area contributed by atoms with Crippen molar-refractivity contribution in [1.82, 2.24) is 14.6 Å². The second-order valence-electron chi connectivity index (χ2n) is 9.39. The molecule has 1 amide bonds. The molecule has 0 spiro atoms. The molecule has 0 unspecified atom stereocenters. The number of nitrogens with two attached hydrogens (primary N) is 1. The minimum Gasteiger partial charge on any atom is -0.372 e. The number of nitrogens with zero attached hydrogens (tertiary/aromatic N) is 5. The molecule has 2 fully saturated rings. The number of anilines is 3. The molecule has 2 aliphatic rings. The maximum atomic E-state index is 14.0. The van der Waals surface area contributed by atoms with Crippen LogP contribution in [0.5, 0.6) is 0 Å². The Morgan fingerprint density at radius 1 is 1.17 bits per heavy atom. The summed E-state index contributed by atoms with van der Waals surface area (Å²) in [6.07, 6.45) is 2.73. The lowest BCUT2D eigenvalue weighted by Crippen LogP contribution is -2.48. The third-order valence-electron chi connectivity index (χ3n) is 6.34. The van der Waals surface area contributed by atoms with Gasteiger partial charge in [0.05, 0.1) is 35.7 Å². The number of carbonyl (C=O) groups is 1. The van der Waals surface area contributed by atoms with Crippen LogP contribution in [-0.2, 0) is 4.74 Å². The number of rotatable bonds is 4. The molecule has 9 nitrogen and oxygen atoms in total. The Hall–Kier alpha value is -2.95. The zero-order valence-corrected chi connectivity index (χ0v) is 20.5. The Balaban J connectivity index is 1.35. The number of alkyl halides is 1. The third kappa shape index (κ3) is 5.05. The molecule has 2 saturated heterocycles. The summed E-state index contributed by atoms with van der Waals surface area (Å²) in [6.45, 7) is 6.35. The zero-order chi connectivity index (χ0) is 24.7. The predicted molar refractivity (Wildman–Crippen MR) is 134 cm³/mol. The number of halogens is 2. The summed E-state index contributed by atoms with van der Waals surface area (Å²) in [5, 5.41) is 7.53. The molecular weight excluding hydrogens is 473 g/mol. The van der Waals surface area contributed by atoms with Gasteiger partial charge in [-0.3, -0.25) is 4.79 Å². The zero-order valence-electron chi connectivity index (χ0n) is 19.7. The second-order valence-corrected chi connectivity index (χ2v) is 9.80. The maximum Gasteiger partial charge on any atom is 0.261 e. The second kappa shape index (κ2) is 9.60. The number of ether oxygens (including phenoxy) is 1. The molecule has 0 saturated carbocycles. The fourth-order valence-corrected chi connectivity index (χ4v) is 5.06. The highest BCUT2D eigenvalue weighted by Crippen LogP contribution is 2.30. The molecule has 0 aliphatic carbocycles. The van der Waals surface area contributed by atoms with E-state index in [0.717, 1.165) is 18.8 Å². The molecule has 3 aromatic rings. The Morgan fingerprint density at radius 3 is 2.66 bits per heavy atom. The van der Waals surface area contributed by atoms with E-state index in [2.05, 4.69) is 20.3 Å². The number of hydrogen-bond donors (Lipinski definition) is 2. The van der Waals surface area contributed by atoms with Crippen LogP contribution in [0.15, 0.2) is 36.7 Å². The molecule has 5 rings (SSSR count). The van der Waals surface area contributed by atoms with Gasteiger partial charge in [0.15, 0.2) is 5.65 Å². The monoisotopic (exact) mass is 501 g/mol. The lowest BCUT2D eigenvalue weighted by Gasteiger charge is -2.37. The number of nitrogens with one attached hydrogen (secondary N) is 1. The molecule has 0 bridgehead atoms. The smallest absolute Gasteiger partial charge is 0.261 e. The first-order chi connectivity index (χ1) is 16.8. The SMILES string of the molecule is C[C@@H]1CN(c2ccc(NC(=O)c3cnn4ccc(N5C[C@H](N)C[C@@H](F)C5)nc34)c(Cl)c2)C[C@H](C)O1. The van der Waals surface area contributed by atoms with Crippen LogP contribution >= 0.6 is 11.6 Å². The van der Waals surface area contributed by atoms with Crippen molar-refractivity contribution in [2.45, 2.75) is 44.7 Å². The quantitative estimate of drug-likeness (QED) is 0.566. The van der Waals surface area contributed by atoms with E-state index in [1.165, 1.54) is 10.7 Å². The highest BCUT2D eigenvalue weighted by molar-refractivity contribution is 6.34. The predicted octanol–water partition coefficient (Wildman–Crippen LogP) is 3.12. The van der Waals surface area contributed by atoms with Gasteiger partial charge in [0.2, 0.25) is 0 Å². The normalized spacial score (nSPS) is 25.2. The Bertz CT molecular complexity index is 1220. The first-order valence-corrected chi connectivity index (χ1v) is 12.1. The lowest BCUT2D eigenvalue weighted by atomic mass is 10.1. The summed E-state index contributed by atoms with van der Waals surface area (Å²) in [5.41, 5.74) is 8.12. The van der Waals surface area contributed by atoms with E-state index in [1.54, 1.807) is 23.2 Å². The fraction of sp³-hybridized carbons (Fsp3) is 0.458. The molecule has 2 aliphatic heterocycles. The largest absolute Gasteiger partial charge is 0.372 e. The van der Waals surface area contributed by atoms with Crippen molar-refractivity contribution >= 4 is 40.3 Å². The maximum absolute atomic E-state index is 14.0. The van der Waals surface area contributed by atoms with Gasteiger partial charge in [-0.25, -0.2) is 13.9 Å². The van der Waals surface area contributed by atoms with Gasteiger partial charge in [-0.2, -0.15) is 5.10 Å². The summed E-state index contributed by atoms with van der Waals surface area (Å²) in [4.78, 5) is 21.7. The molecule has 186 valence electrons. The molecule has 1 aromatic carbocycles. The van der Waals surface area contributed by atoms with E-state index in [0.29, 0.717) is 40.7 Å². The molecule has 4 heterocycles. The number of fused-ring (bicyclic) bond motifs is 1. The van der Waals surface area contributed by atoms with Crippen LogP contribution in [0.1, 0.15) is 30.6 Å². The van der Waals surface area contributed by atoms with Gasteiger partial charge in [-0.05, 0) is 44.5 Å². The number of piperidine rings is 1. The number of morpholine rings is 1. The minimum atomic E-state index is -1.02. The fourth-order valence-electron chi connectivity index (χ4n) is 4.84. The number of amides is 1. The van der Waals surface area contributed by atoms with Crippen molar-refractivity contribution in [2.75, 3.05) is 41.3 Å². The van der Waals surface area contributed by atoms with Gasteiger partial charge >= 0.3 is 0 Å². The van der Waals surface area contributed by atoms with Crippen LogP contribution in [0.4, 0.5) is 21.6 Å². The van der Waals surface area contributed by atoms with Gasteiger partial charge in [-0.15, -0.1) is 0 Å². The average molecular weight is 502 g/mol. The standard InChI is InChI=1S/C24H29ClFN7O2/c1-14-10-31(11-15(2)35-14)18-3-4-21(20(25)8-18)29-24(34)19-9-28-33-6-5-22(30-23(19)33)32-12-16(26)7-17(27)13-32/h3-6,8-9,14-17H,7,10-13,27H2,1-2H3,(H,29,34)/t14-,15+,16-,17-/m1/s1. The number of aromatic nitrogens is 3. The van der Waals surface area contributed by atoms with E-state index < -0.39 is 6.17 Å². The van der Waals surface area contributed by atoms with Crippen molar-refractivity contribution in [1.29, 1.82) is 0 Å². The molecule has 4 atom stereocenters. The first-order valence-electron chi connectivity index (χ1n) is 11.8. The van der Waals surface area contributed by atoms with Gasteiger partial charge < -0.3 is 25.6 Å². The minimum absolute atomic E-state index is 0.126. The average Bonchev–Trinajstić information content (AvgIpc) is 3.22. The summed E-state index contributed by atoms with van der Waals surface area (Å²) < 4.78 is 21.4. The highest BCUT2D eigenvalue weighted by Gasteiger charge is 2.27. The topological polar surface area (TPSA) is 101 Å². The van der Waals surface area contributed by atoms with Crippen molar-refractivity contribution in [3.63, 3.8) is 0 Å². The highest BCUT2D eigenvalue weighted by atomic mass is 35.5. The number of carbonyl (C=O) groups excluding carboxylic acids is 1. The van der Waals surface area contributed by atoms with E-state index in [9.17, 15) is 9.18 Å². The van der Waals surface area contributed by atoms with E-state index in [-0.39, 0.29) is 30.7 Å². The van der Waals surface area contributed by atoms with Crippen LogP contribution in [0, 0.1) is 0 Å². The van der Waals surface area contributed by atoms with Crippen molar-refractivity contribution in [3.8, 4) is 0 Å². The summed E-state index contributed by atoms with van der Waals surface area (Å²) in [7, 11) is 0. The van der Waals surface area contributed by atoms with E-state index in [4.69, 9.17) is 22.1 Å². The molecule has 2 aromatic heterocycles. The molecule has 11 heteroatoms.